The molecule has 0 spiro atoms. The summed E-state index contributed by atoms with van der Waals surface area (Å²) in [5.41, 5.74) is 1.95. The van der Waals surface area contributed by atoms with Gasteiger partial charge in [-0.2, -0.15) is 0 Å². The molecule has 176 valence electrons. The first-order valence-corrected chi connectivity index (χ1v) is 11.6. The summed E-state index contributed by atoms with van der Waals surface area (Å²) in [5, 5.41) is 5.20. The largest absolute Gasteiger partial charge is 0.327 e. The van der Waals surface area contributed by atoms with E-state index in [4.69, 9.17) is 0 Å². The number of carbonyl (C=O) groups excluding carboxylic acids is 1. The minimum Gasteiger partial charge on any atom is -0.302 e. The van der Waals surface area contributed by atoms with Gasteiger partial charge in [-0.1, -0.05) is 24.3 Å². The van der Waals surface area contributed by atoms with Gasteiger partial charge in [0.1, 0.15) is 11.2 Å². The molecule has 4 aromatic heterocycles. The summed E-state index contributed by atoms with van der Waals surface area (Å²) in [7, 11) is 0. The summed E-state index contributed by atoms with van der Waals surface area (Å²) in [6, 6.07) is 12.2. The van der Waals surface area contributed by atoms with Gasteiger partial charge in [0.05, 0.1) is 12.0 Å². The van der Waals surface area contributed by atoms with Gasteiger partial charge in [-0.25, -0.2) is 14.8 Å². The van der Waals surface area contributed by atoms with Crippen LogP contribution in [0, 0.1) is 0 Å². The average Bonchev–Trinajstić information content (AvgIpc) is 3.47. The van der Waals surface area contributed by atoms with Crippen molar-refractivity contribution in [1.29, 1.82) is 0 Å². The van der Waals surface area contributed by atoms with Gasteiger partial charge >= 0.3 is 5.69 Å². The second-order valence-electron chi connectivity index (χ2n) is 8.49. The van der Waals surface area contributed by atoms with E-state index in [1.54, 1.807) is 26.2 Å². The van der Waals surface area contributed by atoms with Crippen molar-refractivity contribution < 1.29 is 4.79 Å². The first kappa shape index (κ1) is 22.4. The van der Waals surface area contributed by atoms with Crippen molar-refractivity contribution in [2.45, 2.75) is 25.8 Å². The lowest BCUT2D eigenvalue weighted by atomic mass is 10.0. The van der Waals surface area contributed by atoms with Crippen molar-refractivity contribution in [2.24, 2.45) is 0 Å². The Morgan fingerprint density at radius 1 is 1.06 bits per heavy atom. The zero-order chi connectivity index (χ0) is 24.6. The number of benzene rings is 1. The van der Waals surface area contributed by atoms with Gasteiger partial charge in [-0.15, -0.1) is 11.3 Å². The Morgan fingerprint density at radius 2 is 1.77 bits per heavy atom. The van der Waals surface area contributed by atoms with Crippen LogP contribution in [0.25, 0.3) is 22.3 Å². The Labute approximate surface area is 202 Å². The smallest absolute Gasteiger partial charge is 0.302 e. The number of H-pyrrole nitrogens is 2. The molecule has 35 heavy (non-hydrogen) atoms. The van der Waals surface area contributed by atoms with Crippen molar-refractivity contribution in [3.63, 3.8) is 0 Å². The number of pyridine rings is 1. The maximum absolute atomic E-state index is 13.1. The van der Waals surface area contributed by atoms with Crippen LogP contribution in [0.5, 0.6) is 0 Å². The molecule has 10 nitrogen and oxygen atoms in total. The molecule has 0 saturated carbocycles. The first-order chi connectivity index (χ1) is 16.8. The van der Waals surface area contributed by atoms with E-state index in [0.29, 0.717) is 11.6 Å². The molecule has 0 saturated heterocycles. The molecule has 0 atom stereocenters. The van der Waals surface area contributed by atoms with Crippen LogP contribution in [0.4, 0.5) is 5.13 Å². The van der Waals surface area contributed by atoms with Crippen molar-refractivity contribution in [3.8, 4) is 11.1 Å². The maximum atomic E-state index is 13.1. The van der Waals surface area contributed by atoms with Crippen LogP contribution in [0.2, 0.25) is 0 Å². The fourth-order valence-corrected chi connectivity index (χ4v) is 4.44. The Morgan fingerprint density at radius 3 is 2.51 bits per heavy atom. The lowest BCUT2D eigenvalue weighted by Gasteiger charge is -2.25. The topological polar surface area (TPSA) is 138 Å². The predicted molar refractivity (Wildman–Crippen MR) is 134 cm³/mol. The SMILES string of the molecule is CC(C)(C(=O)Nc1nc(Cc2ccc(-c3ccncc3)cc2)cs1)n1cnc2c(=O)[nH]c(=O)[nH]c21. The molecule has 5 aromatic rings. The average molecular weight is 488 g/mol. The number of hydrogen-bond acceptors (Lipinski definition) is 7. The van der Waals surface area contributed by atoms with E-state index in [0.717, 1.165) is 22.4 Å². The molecule has 0 bridgehead atoms. The maximum Gasteiger partial charge on any atom is 0.327 e. The highest BCUT2D eigenvalue weighted by Crippen LogP contribution is 2.25. The normalized spacial score (nSPS) is 11.6. The number of aromatic amines is 2. The monoisotopic (exact) mass is 487 g/mol. The predicted octanol–water partition coefficient (Wildman–Crippen LogP) is 2.90. The molecule has 0 aliphatic heterocycles. The van der Waals surface area contributed by atoms with Gasteiger partial charge in [-0.3, -0.25) is 29.9 Å². The number of thiazole rings is 1. The van der Waals surface area contributed by atoms with Crippen molar-refractivity contribution in [3.05, 3.63) is 92.6 Å². The zero-order valence-electron chi connectivity index (χ0n) is 18.9. The molecule has 3 N–H and O–H groups in total. The van der Waals surface area contributed by atoms with E-state index in [9.17, 15) is 14.4 Å². The lowest BCUT2D eigenvalue weighted by molar-refractivity contribution is -0.122. The van der Waals surface area contributed by atoms with E-state index in [-0.39, 0.29) is 17.1 Å². The van der Waals surface area contributed by atoms with Crippen molar-refractivity contribution >= 4 is 33.5 Å². The summed E-state index contributed by atoms with van der Waals surface area (Å²) < 4.78 is 1.47. The van der Waals surface area contributed by atoms with E-state index in [1.165, 1.54) is 22.2 Å². The summed E-state index contributed by atoms with van der Waals surface area (Å²) in [6.45, 7) is 3.34. The molecule has 4 heterocycles. The number of carbonyl (C=O) groups is 1. The van der Waals surface area contributed by atoms with Crippen LogP contribution >= 0.6 is 11.3 Å². The zero-order valence-corrected chi connectivity index (χ0v) is 19.7. The molecule has 5 rings (SSSR count). The number of imidazole rings is 1. The number of nitrogens with one attached hydrogen (secondary N) is 3. The van der Waals surface area contributed by atoms with Crippen LogP contribution in [0.15, 0.2) is 70.1 Å². The van der Waals surface area contributed by atoms with E-state index >= 15 is 0 Å². The van der Waals surface area contributed by atoms with Gasteiger partial charge in [-0.05, 0) is 42.7 Å². The molecule has 0 radical (unpaired) electrons. The van der Waals surface area contributed by atoms with Crippen molar-refractivity contribution in [1.82, 2.24) is 29.5 Å². The van der Waals surface area contributed by atoms with Crippen LogP contribution in [-0.4, -0.2) is 35.4 Å². The Balaban J connectivity index is 1.30. The summed E-state index contributed by atoms with van der Waals surface area (Å²) >= 11 is 1.33. The minimum absolute atomic E-state index is 0.0527. The highest BCUT2D eigenvalue weighted by Gasteiger charge is 2.32. The third kappa shape index (κ3) is 4.41. The Kier molecular flexibility index (Phi) is 5.61. The first-order valence-electron chi connectivity index (χ1n) is 10.8. The van der Waals surface area contributed by atoms with Crippen LogP contribution in [0.1, 0.15) is 25.1 Å². The van der Waals surface area contributed by atoms with Crippen molar-refractivity contribution in [2.75, 3.05) is 5.32 Å². The number of rotatable bonds is 6. The summed E-state index contributed by atoms with van der Waals surface area (Å²) in [4.78, 5) is 54.1. The number of aromatic nitrogens is 6. The summed E-state index contributed by atoms with van der Waals surface area (Å²) in [5.74, 6) is -0.361. The van der Waals surface area contributed by atoms with Gasteiger partial charge < -0.3 is 4.57 Å². The molecule has 1 aromatic carbocycles. The number of hydrogen-bond donors (Lipinski definition) is 3. The van der Waals surface area contributed by atoms with E-state index < -0.39 is 16.8 Å². The molecular formula is C24H21N7O3S. The van der Waals surface area contributed by atoms with Crippen LogP contribution in [0.3, 0.4) is 0 Å². The van der Waals surface area contributed by atoms with Crippen LogP contribution in [-0.2, 0) is 16.8 Å². The lowest BCUT2D eigenvalue weighted by Crippen LogP contribution is -2.40. The highest BCUT2D eigenvalue weighted by molar-refractivity contribution is 7.13. The van der Waals surface area contributed by atoms with Gasteiger partial charge in [0.2, 0.25) is 0 Å². The third-order valence-corrected chi connectivity index (χ3v) is 6.53. The van der Waals surface area contributed by atoms with E-state index in [2.05, 4.69) is 54.5 Å². The quantitative estimate of drug-likeness (QED) is 0.337. The summed E-state index contributed by atoms with van der Waals surface area (Å²) in [6.07, 6.45) is 5.52. The number of amides is 1. The highest BCUT2D eigenvalue weighted by atomic mass is 32.1. The standard InChI is InChI=1S/C24H21N7O3S/c1-24(2,31-13-26-18-19(31)28-22(34)29-20(18)32)21(33)30-23-27-17(12-35-23)11-14-3-5-15(6-4-14)16-7-9-25-10-8-16/h3-10,12-13H,11H2,1-2H3,(H,27,30,33)(H2,28,29,32,34). The fraction of sp³-hybridized carbons (Fsp3) is 0.167. The number of anilines is 1. The molecule has 0 fully saturated rings. The Hall–Kier alpha value is -4.38. The Bertz CT molecular complexity index is 1630. The van der Waals surface area contributed by atoms with Crippen LogP contribution < -0.4 is 16.6 Å². The molecule has 0 aliphatic rings. The second-order valence-corrected chi connectivity index (χ2v) is 9.34. The molecule has 11 heteroatoms. The van der Waals surface area contributed by atoms with Gasteiger partial charge in [0.25, 0.3) is 11.5 Å². The van der Waals surface area contributed by atoms with Gasteiger partial charge in [0.15, 0.2) is 10.6 Å². The molecule has 1 amide bonds. The fourth-order valence-electron chi connectivity index (χ4n) is 3.73. The number of nitrogens with zero attached hydrogens (tertiary/aromatic N) is 4. The number of fused-ring (bicyclic) bond motifs is 1. The van der Waals surface area contributed by atoms with Gasteiger partial charge in [0, 0.05) is 24.2 Å². The van der Waals surface area contributed by atoms with E-state index in [1.807, 2.05) is 17.5 Å². The molecule has 0 aliphatic carbocycles. The molecular weight excluding hydrogens is 466 g/mol. The third-order valence-electron chi connectivity index (χ3n) is 5.72. The molecule has 0 unspecified atom stereocenters. The second kappa shape index (κ2) is 8.76. The minimum atomic E-state index is -1.15.